The van der Waals surface area contributed by atoms with Crippen LogP contribution in [0.2, 0.25) is 0 Å². The van der Waals surface area contributed by atoms with Gasteiger partial charge in [-0.15, -0.1) is 0 Å². The van der Waals surface area contributed by atoms with Crippen molar-refractivity contribution < 1.29 is 9.90 Å². The second kappa shape index (κ2) is 6.06. The summed E-state index contributed by atoms with van der Waals surface area (Å²) >= 11 is 0. The SMILES string of the molecule is Cc1cc(N(CCC(=O)O)C(C)C)ccc1C#N. The van der Waals surface area contributed by atoms with Crippen molar-refractivity contribution in [3.63, 3.8) is 0 Å². The Hall–Kier alpha value is -2.02. The third-order valence-corrected chi connectivity index (χ3v) is 2.85. The number of carboxylic acid groups (broad SMARTS) is 1. The Morgan fingerprint density at radius 1 is 1.50 bits per heavy atom. The Balaban J connectivity index is 2.96. The fourth-order valence-corrected chi connectivity index (χ4v) is 1.85. The van der Waals surface area contributed by atoms with E-state index < -0.39 is 5.97 Å². The van der Waals surface area contributed by atoms with Crippen molar-refractivity contribution in [2.75, 3.05) is 11.4 Å². The van der Waals surface area contributed by atoms with E-state index in [2.05, 4.69) is 6.07 Å². The van der Waals surface area contributed by atoms with Gasteiger partial charge in [-0.2, -0.15) is 5.26 Å². The first-order valence-corrected chi connectivity index (χ1v) is 5.95. The van der Waals surface area contributed by atoms with Gasteiger partial charge in [0.05, 0.1) is 18.1 Å². The monoisotopic (exact) mass is 246 g/mol. The van der Waals surface area contributed by atoms with E-state index in [1.54, 1.807) is 6.07 Å². The maximum atomic E-state index is 10.7. The van der Waals surface area contributed by atoms with Gasteiger partial charge in [-0.25, -0.2) is 0 Å². The molecule has 0 aliphatic heterocycles. The number of rotatable bonds is 5. The lowest BCUT2D eigenvalue weighted by molar-refractivity contribution is -0.136. The second-order valence-corrected chi connectivity index (χ2v) is 4.54. The molecule has 0 spiro atoms. The van der Waals surface area contributed by atoms with Crippen LogP contribution in [0.5, 0.6) is 0 Å². The number of benzene rings is 1. The van der Waals surface area contributed by atoms with Crippen LogP contribution in [-0.2, 0) is 4.79 Å². The third-order valence-electron chi connectivity index (χ3n) is 2.85. The van der Waals surface area contributed by atoms with Crippen molar-refractivity contribution in [3.05, 3.63) is 29.3 Å². The Labute approximate surface area is 107 Å². The molecule has 0 saturated carbocycles. The standard InChI is InChI=1S/C14H18N2O2/c1-10(2)16(7-6-14(17)18)13-5-4-12(9-15)11(3)8-13/h4-5,8,10H,6-7H2,1-3H3,(H,17,18). The summed E-state index contributed by atoms with van der Waals surface area (Å²) in [6.07, 6.45) is 0.108. The van der Waals surface area contributed by atoms with Gasteiger partial charge < -0.3 is 10.0 Å². The zero-order chi connectivity index (χ0) is 13.7. The highest BCUT2D eigenvalue weighted by molar-refractivity contribution is 5.68. The number of aliphatic carboxylic acids is 1. The summed E-state index contributed by atoms with van der Waals surface area (Å²) in [5.74, 6) is -0.800. The van der Waals surface area contributed by atoms with Gasteiger partial charge in [0.25, 0.3) is 0 Å². The molecule has 0 aliphatic rings. The van der Waals surface area contributed by atoms with Gasteiger partial charge in [-0.05, 0) is 44.5 Å². The number of carbonyl (C=O) groups is 1. The molecule has 0 aliphatic carbocycles. The van der Waals surface area contributed by atoms with Crippen molar-refractivity contribution in [1.29, 1.82) is 5.26 Å². The van der Waals surface area contributed by atoms with E-state index in [1.807, 2.05) is 37.8 Å². The lowest BCUT2D eigenvalue weighted by Crippen LogP contribution is -2.32. The quantitative estimate of drug-likeness (QED) is 0.867. The first kappa shape index (κ1) is 14.0. The van der Waals surface area contributed by atoms with Crippen LogP contribution in [0.25, 0.3) is 0 Å². The van der Waals surface area contributed by atoms with Crippen LogP contribution < -0.4 is 4.90 Å². The van der Waals surface area contributed by atoms with Crippen LogP contribution in [-0.4, -0.2) is 23.7 Å². The number of carboxylic acids is 1. The molecule has 4 nitrogen and oxygen atoms in total. The lowest BCUT2D eigenvalue weighted by Gasteiger charge is -2.29. The van der Waals surface area contributed by atoms with E-state index in [0.29, 0.717) is 12.1 Å². The molecule has 96 valence electrons. The fraction of sp³-hybridized carbons (Fsp3) is 0.429. The van der Waals surface area contributed by atoms with Gasteiger partial charge in [0.2, 0.25) is 0 Å². The molecule has 0 saturated heterocycles. The van der Waals surface area contributed by atoms with Crippen molar-refractivity contribution in [3.8, 4) is 6.07 Å². The van der Waals surface area contributed by atoms with Gasteiger partial charge in [-0.1, -0.05) is 0 Å². The van der Waals surface area contributed by atoms with Crippen molar-refractivity contribution >= 4 is 11.7 Å². The Morgan fingerprint density at radius 2 is 2.17 bits per heavy atom. The minimum Gasteiger partial charge on any atom is -0.481 e. The predicted molar refractivity (Wildman–Crippen MR) is 70.6 cm³/mol. The molecule has 1 aromatic carbocycles. The van der Waals surface area contributed by atoms with E-state index in [4.69, 9.17) is 10.4 Å². The third kappa shape index (κ3) is 3.49. The molecular weight excluding hydrogens is 228 g/mol. The van der Waals surface area contributed by atoms with E-state index in [9.17, 15) is 4.79 Å². The zero-order valence-corrected chi connectivity index (χ0v) is 11.0. The average Bonchev–Trinajstić information content (AvgIpc) is 2.28. The van der Waals surface area contributed by atoms with Crippen LogP contribution in [0.15, 0.2) is 18.2 Å². The number of hydrogen-bond acceptors (Lipinski definition) is 3. The highest BCUT2D eigenvalue weighted by Gasteiger charge is 2.13. The molecule has 0 radical (unpaired) electrons. The summed E-state index contributed by atoms with van der Waals surface area (Å²) < 4.78 is 0. The fourth-order valence-electron chi connectivity index (χ4n) is 1.85. The molecule has 0 aromatic heterocycles. The summed E-state index contributed by atoms with van der Waals surface area (Å²) in [7, 11) is 0. The maximum Gasteiger partial charge on any atom is 0.305 e. The van der Waals surface area contributed by atoms with Crippen molar-refractivity contribution in [1.82, 2.24) is 0 Å². The Bertz CT molecular complexity index is 475. The van der Waals surface area contributed by atoms with Gasteiger partial charge in [-0.3, -0.25) is 4.79 Å². The molecule has 18 heavy (non-hydrogen) atoms. The lowest BCUT2D eigenvalue weighted by atomic mass is 10.1. The molecule has 0 unspecified atom stereocenters. The van der Waals surface area contributed by atoms with Crippen LogP contribution in [0.1, 0.15) is 31.4 Å². The number of anilines is 1. The zero-order valence-electron chi connectivity index (χ0n) is 11.0. The normalized spacial score (nSPS) is 10.2. The van der Waals surface area contributed by atoms with E-state index in [-0.39, 0.29) is 12.5 Å². The van der Waals surface area contributed by atoms with Crippen molar-refractivity contribution in [2.24, 2.45) is 0 Å². The largest absolute Gasteiger partial charge is 0.481 e. The number of aryl methyl sites for hydroxylation is 1. The summed E-state index contributed by atoms with van der Waals surface area (Å²) in [5.41, 5.74) is 2.53. The van der Waals surface area contributed by atoms with E-state index in [1.165, 1.54) is 0 Å². The first-order chi connectivity index (χ1) is 8.45. The van der Waals surface area contributed by atoms with Gasteiger partial charge in [0.15, 0.2) is 0 Å². The van der Waals surface area contributed by atoms with Gasteiger partial charge in [0.1, 0.15) is 0 Å². The summed E-state index contributed by atoms with van der Waals surface area (Å²) in [6, 6.07) is 7.93. The van der Waals surface area contributed by atoms with E-state index in [0.717, 1.165) is 11.3 Å². The summed E-state index contributed by atoms with van der Waals surface area (Å²) in [6.45, 7) is 6.40. The maximum absolute atomic E-state index is 10.7. The van der Waals surface area contributed by atoms with Crippen molar-refractivity contribution in [2.45, 2.75) is 33.2 Å². The van der Waals surface area contributed by atoms with Gasteiger partial charge in [0, 0.05) is 18.3 Å². The smallest absolute Gasteiger partial charge is 0.305 e. The molecule has 0 amide bonds. The van der Waals surface area contributed by atoms with Crippen LogP contribution >= 0.6 is 0 Å². The Morgan fingerprint density at radius 3 is 2.61 bits per heavy atom. The van der Waals surface area contributed by atoms with Crippen LogP contribution in [0, 0.1) is 18.3 Å². The summed E-state index contributed by atoms with van der Waals surface area (Å²) in [5, 5.41) is 17.7. The highest BCUT2D eigenvalue weighted by Crippen LogP contribution is 2.21. The minimum atomic E-state index is -0.800. The molecule has 0 bridgehead atoms. The van der Waals surface area contributed by atoms with Gasteiger partial charge >= 0.3 is 5.97 Å². The molecule has 4 heteroatoms. The highest BCUT2D eigenvalue weighted by atomic mass is 16.4. The topological polar surface area (TPSA) is 64.3 Å². The molecule has 0 atom stereocenters. The van der Waals surface area contributed by atoms with E-state index >= 15 is 0 Å². The molecule has 1 N–H and O–H groups in total. The summed E-state index contributed by atoms with van der Waals surface area (Å²) in [4.78, 5) is 12.7. The molecule has 0 fully saturated rings. The Kier molecular flexibility index (Phi) is 4.73. The first-order valence-electron chi connectivity index (χ1n) is 5.95. The molecular formula is C14H18N2O2. The number of nitrogens with zero attached hydrogens (tertiary/aromatic N) is 2. The predicted octanol–water partition coefficient (Wildman–Crippen LogP) is 2.56. The second-order valence-electron chi connectivity index (χ2n) is 4.54. The van der Waals surface area contributed by atoms with Crippen LogP contribution in [0.3, 0.4) is 0 Å². The number of nitriles is 1. The molecule has 1 aromatic rings. The number of hydrogen-bond donors (Lipinski definition) is 1. The molecule has 1 rings (SSSR count). The molecule has 0 heterocycles. The minimum absolute atomic E-state index is 0.108. The average molecular weight is 246 g/mol. The van der Waals surface area contributed by atoms with Crippen LogP contribution in [0.4, 0.5) is 5.69 Å².